The molecule has 0 radical (unpaired) electrons. The number of amides is 1. The molecule has 7 heteroatoms. The molecule has 0 bridgehead atoms. The first-order chi connectivity index (χ1) is 12.9. The van der Waals surface area contributed by atoms with Crippen molar-refractivity contribution in [1.29, 1.82) is 0 Å². The van der Waals surface area contributed by atoms with E-state index in [0.29, 0.717) is 12.1 Å². The lowest BCUT2D eigenvalue weighted by atomic mass is 9.87. The van der Waals surface area contributed by atoms with Gasteiger partial charge < -0.3 is 5.32 Å². The van der Waals surface area contributed by atoms with Crippen LogP contribution >= 0.6 is 0 Å². The van der Waals surface area contributed by atoms with Crippen LogP contribution in [0.2, 0.25) is 0 Å². The zero-order chi connectivity index (χ0) is 21.1. The Morgan fingerprint density at radius 1 is 1.11 bits per heavy atom. The van der Waals surface area contributed by atoms with Crippen molar-refractivity contribution >= 4 is 21.6 Å². The van der Waals surface area contributed by atoms with Gasteiger partial charge in [0.25, 0.3) is 0 Å². The summed E-state index contributed by atoms with van der Waals surface area (Å²) in [5.41, 5.74) is 2.59. The highest BCUT2D eigenvalue weighted by Gasteiger charge is 2.18. The standard InChI is InChI=1S/C21H27FN2O3S/c1-14(16-8-11-19(18(22)12-16)24-28(5,26)27)20(25)23-13-15-6-9-17(10-7-15)21(2,3)4/h6-12,14,24H,13H2,1-5H3,(H,23,25)/t14-/m1/s1. The van der Waals surface area contributed by atoms with Crippen molar-refractivity contribution in [2.24, 2.45) is 0 Å². The van der Waals surface area contributed by atoms with E-state index in [1.54, 1.807) is 13.0 Å². The Balaban J connectivity index is 2.01. The fraction of sp³-hybridized carbons (Fsp3) is 0.381. The molecule has 2 N–H and O–H groups in total. The van der Waals surface area contributed by atoms with Crippen LogP contribution in [0.4, 0.5) is 10.1 Å². The van der Waals surface area contributed by atoms with Crippen LogP contribution in [0.5, 0.6) is 0 Å². The number of sulfonamides is 1. The normalized spacial score (nSPS) is 13.1. The van der Waals surface area contributed by atoms with E-state index in [1.165, 1.54) is 17.7 Å². The minimum absolute atomic E-state index is 0.0679. The molecule has 1 amide bonds. The second-order valence-corrected chi connectivity index (χ2v) is 9.75. The molecule has 2 rings (SSSR count). The fourth-order valence-corrected chi connectivity index (χ4v) is 3.26. The molecule has 2 aromatic carbocycles. The third-order valence-electron chi connectivity index (χ3n) is 4.47. The summed E-state index contributed by atoms with van der Waals surface area (Å²) >= 11 is 0. The van der Waals surface area contributed by atoms with Gasteiger partial charge in [0.2, 0.25) is 15.9 Å². The molecule has 152 valence electrons. The van der Waals surface area contributed by atoms with E-state index in [0.717, 1.165) is 11.8 Å². The second-order valence-electron chi connectivity index (χ2n) is 8.00. The average molecular weight is 407 g/mol. The lowest BCUT2D eigenvalue weighted by Gasteiger charge is -2.19. The number of benzene rings is 2. The Hall–Kier alpha value is -2.41. The van der Waals surface area contributed by atoms with Crippen molar-refractivity contribution in [2.45, 2.75) is 45.6 Å². The van der Waals surface area contributed by atoms with E-state index < -0.39 is 21.8 Å². The van der Waals surface area contributed by atoms with E-state index >= 15 is 0 Å². The van der Waals surface area contributed by atoms with Crippen LogP contribution in [0.25, 0.3) is 0 Å². The molecule has 1 atom stereocenters. The largest absolute Gasteiger partial charge is 0.352 e. The molecule has 0 aliphatic carbocycles. The van der Waals surface area contributed by atoms with Gasteiger partial charge in [0, 0.05) is 6.54 Å². The molecule has 0 heterocycles. The van der Waals surface area contributed by atoms with Crippen LogP contribution in [0.15, 0.2) is 42.5 Å². The van der Waals surface area contributed by atoms with Crippen molar-refractivity contribution in [2.75, 3.05) is 11.0 Å². The summed E-state index contributed by atoms with van der Waals surface area (Å²) in [6, 6.07) is 12.1. The molecule has 0 fully saturated rings. The average Bonchev–Trinajstić information content (AvgIpc) is 2.59. The SMILES string of the molecule is C[C@@H](C(=O)NCc1ccc(C(C)(C)C)cc1)c1ccc(NS(C)(=O)=O)c(F)c1. The van der Waals surface area contributed by atoms with Gasteiger partial charge in [-0.25, -0.2) is 12.8 Å². The zero-order valence-electron chi connectivity index (χ0n) is 16.8. The Labute approximate surface area is 166 Å². The highest BCUT2D eigenvalue weighted by Crippen LogP contribution is 2.24. The summed E-state index contributed by atoms with van der Waals surface area (Å²) in [5.74, 6) is -1.53. The Morgan fingerprint density at radius 2 is 1.71 bits per heavy atom. The summed E-state index contributed by atoms with van der Waals surface area (Å²) in [6.07, 6.45) is 0.949. The minimum atomic E-state index is -3.57. The molecule has 28 heavy (non-hydrogen) atoms. The lowest BCUT2D eigenvalue weighted by Crippen LogP contribution is -2.27. The van der Waals surface area contributed by atoms with Crippen LogP contribution in [-0.2, 0) is 26.8 Å². The van der Waals surface area contributed by atoms with Crippen LogP contribution in [-0.4, -0.2) is 20.6 Å². The number of nitrogens with one attached hydrogen (secondary N) is 2. The van der Waals surface area contributed by atoms with Crippen molar-refractivity contribution < 1.29 is 17.6 Å². The van der Waals surface area contributed by atoms with E-state index in [9.17, 15) is 17.6 Å². The molecule has 0 aliphatic heterocycles. The third-order valence-corrected chi connectivity index (χ3v) is 5.06. The molecule has 0 saturated carbocycles. The van der Waals surface area contributed by atoms with Gasteiger partial charge in [-0.05, 0) is 41.2 Å². The van der Waals surface area contributed by atoms with Gasteiger partial charge in [0.15, 0.2) is 0 Å². The van der Waals surface area contributed by atoms with Gasteiger partial charge in [-0.3, -0.25) is 9.52 Å². The summed E-state index contributed by atoms with van der Waals surface area (Å²) in [6.45, 7) is 8.48. The van der Waals surface area contributed by atoms with Crippen molar-refractivity contribution in [1.82, 2.24) is 5.32 Å². The van der Waals surface area contributed by atoms with E-state index in [-0.39, 0.29) is 17.0 Å². The van der Waals surface area contributed by atoms with Gasteiger partial charge in [-0.15, -0.1) is 0 Å². The van der Waals surface area contributed by atoms with Crippen molar-refractivity contribution in [3.8, 4) is 0 Å². The Morgan fingerprint density at radius 3 is 2.21 bits per heavy atom. The first kappa shape index (κ1) is 21.9. The molecule has 0 unspecified atom stereocenters. The topological polar surface area (TPSA) is 75.3 Å². The highest BCUT2D eigenvalue weighted by atomic mass is 32.2. The smallest absolute Gasteiger partial charge is 0.229 e. The highest BCUT2D eigenvalue weighted by molar-refractivity contribution is 7.92. The van der Waals surface area contributed by atoms with E-state index in [4.69, 9.17) is 0 Å². The van der Waals surface area contributed by atoms with Crippen LogP contribution in [0, 0.1) is 5.82 Å². The van der Waals surface area contributed by atoms with Crippen LogP contribution in [0.3, 0.4) is 0 Å². The maximum atomic E-state index is 14.1. The molecule has 2 aromatic rings. The number of hydrogen-bond donors (Lipinski definition) is 2. The van der Waals surface area contributed by atoms with Crippen molar-refractivity contribution in [3.63, 3.8) is 0 Å². The third kappa shape index (κ3) is 6.05. The maximum Gasteiger partial charge on any atom is 0.229 e. The van der Waals surface area contributed by atoms with Gasteiger partial charge in [-0.1, -0.05) is 51.1 Å². The predicted octanol–water partition coefficient (Wildman–Crippen LogP) is 3.91. The first-order valence-corrected chi connectivity index (χ1v) is 10.9. The second kappa shape index (κ2) is 8.31. The number of hydrogen-bond acceptors (Lipinski definition) is 3. The van der Waals surface area contributed by atoms with Gasteiger partial charge >= 0.3 is 0 Å². The zero-order valence-corrected chi connectivity index (χ0v) is 17.7. The minimum Gasteiger partial charge on any atom is -0.352 e. The number of rotatable bonds is 6. The number of halogens is 1. The molecule has 0 aliphatic rings. The van der Waals surface area contributed by atoms with Gasteiger partial charge in [0.1, 0.15) is 5.82 Å². The molecule has 5 nitrogen and oxygen atoms in total. The van der Waals surface area contributed by atoms with Gasteiger partial charge in [0.05, 0.1) is 17.9 Å². The van der Waals surface area contributed by atoms with Crippen molar-refractivity contribution in [3.05, 3.63) is 65.0 Å². The van der Waals surface area contributed by atoms with Crippen LogP contribution in [0.1, 0.15) is 50.3 Å². The predicted molar refractivity (Wildman–Crippen MR) is 110 cm³/mol. The number of carbonyl (C=O) groups is 1. The fourth-order valence-electron chi connectivity index (χ4n) is 2.70. The number of carbonyl (C=O) groups excluding carboxylic acids is 1. The number of anilines is 1. The summed E-state index contributed by atoms with van der Waals surface area (Å²) in [4.78, 5) is 12.4. The molecular weight excluding hydrogens is 379 g/mol. The summed E-state index contributed by atoms with van der Waals surface area (Å²) < 4.78 is 38.7. The summed E-state index contributed by atoms with van der Waals surface area (Å²) in [5, 5.41) is 2.85. The van der Waals surface area contributed by atoms with Gasteiger partial charge in [-0.2, -0.15) is 0 Å². The molecule has 0 aromatic heterocycles. The Kier molecular flexibility index (Phi) is 6.49. The first-order valence-electron chi connectivity index (χ1n) is 9.01. The quantitative estimate of drug-likeness (QED) is 0.764. The van der Waals surface area contributed by atoms with Crippen LogP contribution < -0.4 is 10.0 Å². The summed E-state index contributed by atoms with van der Waals surface area (Å²) in [7, 11) is -3.57. The molecule has 0 saturated heterocycles. The molecular formula is C21H27FN2O3S. The monoisotopic (exact) mass is 406 g/mol. The lowest BCUT2D eigenvalue weighted by molar-refractivity contribution is -0.122. The Bertz CT molecular complexity index is 949. The molecule has 0 spiro atoms. The maximum absolute atomic E-state index is 14.1. The van der Waals surface area contributed by atoms with E-state index in [2.05, 4.69) is 30.8 Å². The van der Waals surface area contributed by atoms with E-state index in [1.807, 2.05) is 24.3 Å².